The molecule has 35 heavy (non-hydrogen) atoms. The monoisotopic (exact) mass is 505 g/mol. The predicted octanol–water partition coefficient (Wildman–Crippen LogP) is 3.69. The topological polar surface area (TPSA) is 71.3 Å². The van der Waals surface area contributed by atoms with Crippen LogP contribution in [0, 0.1) is 0 Å². The van der Waals surface area contributed by atoms with Gasteiger partial charge in [0.05, 0.1) is 34.1 Å². The number of benzene rings is 2. The molecule has 1 aliphatic carbocycles. The van der Waals surface area contributed by atoms with Gasteiger partial charge in [-0.1, -0.05) is 17.3 Å². The number of sulfone groups is 1. The largest absolute Gasteiger partial charge is 0.416 e. The van der Waals surface area contributed by atoms with E-state index in [1.807, 2.05) is 24.3 Å². The van der Waals surface area contributed by atoms with Crippen LogP contribution in [-0.2, 0) is 28.3 Å². The zero-order valence-corrected chi connectivity index (χ0v) is 19.8. The second-order valence-corrected chi connectivity index (χ2v) is 11.4. The van der Waals surface area contributed by atoms with Crippen LogP contribution in [0.15, 0.2) is 54.7 Å². The summed E-state index contributed by atoms with van der Waals surface area (Å²) in [4.78, 5) is 4.50. The summed E-state index contributed by atoms with van der Waals surface area (Å²) in [5.74, 6) is 0.0973. The Morgan fingerprint density at radius 3 is 2.31 bits per heavy atom. The van der Waals surface area contributed by atoms with Crippen LogP contribution in [0.2, 0.25) is 0 Å². The minimum atomic E-state index is -4.37. The molecule has 2 heterocycles. The lowest BCUT2D eigenvalue weighted by atomic mass is 10.2. The van der Waals surface area contributed by atoms with E-state index in [9.17, 15) is 21.6 Å². The molecule has 1 saturated heterocycles. The summed E-state index contributed by atoms with van der Waals surface area (Å²) in [7, 11) is -3.05. The number of nitrogens with zero attached hydrogens (tertiary/aromatic N) is 5. The molecule has 0 atom stereocenters. The first kappa shape index (κ1) is 23.8. The quantitative estimate of drug-likeness (QED) is 0.488. The Hall–Kier alpha value is -2.92. The number of aromatic nitrogens is 3. The molecule has 3 aromatic rings. The molecule has 0 amide bonds. The van der Waals surface area contributed by atoms with Crippen LogP contribution < -0.4 is 4.90 Å². The predicted molar refractivity (Wildman–Crippen MR) is 126 cm³/mol. The number of rotatable bonds is 7. The molecule has 186 valence electrons. The van der Waals surface area contributed by atoms with Crippen LogP contribution in [0.25, 0.3) is 5.69 Å². The van der Waals surface area contributed by atoms with Gasteiger partial charge in [0.25, 0.3) is 0 Å². The molecule has 0 unspecified atom stereocenters. The van der Waals surface area contributed by atoms with Gasteiger partial charge in [-0.15, -0.1) is 5.10 Å². The zero-order chi connectivity index (χ0) is 24.6. The minimum absolute atomic E-state index is 0.0973. The van der Waals surface area contributed by atoms with E-state index in [4.69, 9.17) is 0 Å². The molecule has 0 spiro atoms. The molecule has 0 N–H and O–H groups in total. The molecule has 5 rings (SSSR count). The number of alkyl halides is 3. The third-order valence-corrected chi connectivity index (χ3v) is 8.66. The van der Waals surface area contributed by atoms with Gasteiger partial charge in [0, 0.05) is 38.4 Å². The van der Waals surface area contributed by atoms with Gasteiger partial charge in [-0.3, -0.25) is 4.90 Å². The van der Waals surface area contributed by atoms with E-state index in [0.29, 0.717) is 12.2 Å². The number of hydrogen-bond donors (Lipinski definition) is 0. The summed E-state index contributed by atoms with van der Waals surface area (Å²) in [6.07, 6.45) is -1.08. The lowest BCUT2D eigenvalue weighted by Gasteiger charge is -2.35. The summed E-state index contributed by atoms with van der Waals surface area (Å²) < 4.78 is 64.5. The molecule has 0 bridgehead atoms. The molecule has 2 fully saturated rings. The van der Waals surface area contributed by atoms with Crippen LogP contribution in [0.1, 0.15) is 29.7 Å². The summed E-state index contributed by atoms with van der Waals surface area (Å²) in [6, 6.07) is 12.6. The second-order valence-electron chi connectivity index (χ2n) is 9.14. The first-order valence-corrected chi connectivity index (χ1v) is 13.3. The number of halogens is 3. The SMILES string of the molecule is O=S(=O)(Cc1cccc(N2CCN(Cc3cn(-c4ccc(C(F)(F)F)cc4)nn3)CC2)c1)C1CC1. The average Bonchev–Trinajstić information content (AvgIpc) is 3.60. The molecule has 2 aliphatic rings. The molecule has 11 heteroatoms. The van der Waals surface area contributed by atoms with Gasteiger partial charge >= 0.3 is 6.18 Å². The highest BCUT2D eigenvalue weighted by molar-refractivity contribution is 7.91. The molecule has 1 saturated carbocycles. The Morgan fingerprint density at radius 2 is 1.66 bits per heavy atom. The Bertz CT molecular complexity index is 1280. The molecule has 0 radical (unpaired) electrons. The van der Waals surface area contributed by atoms with Crippen molar-refractivity contribution >= 4 is 15.5 Å². The van der Waals surface area contributed by atoms with Gasteiger partial charge in [0.2, 0.25) is 0 Å². The van der Waals surface area contributed by atoms with Crippen molar-refractivity contribution in [1.82, 2.24) is 19.9 Å². The van der Waals surface area contributed by atoms with E-state index in [2.05, 4.69) is 20.1 Å². The van der Waals surface area contributed by atoms with Crippen molar-refractivity contribution < 1.29 is 21.6 Å². The first-order valence-electron chi connectivity index (χ1n) is 11.5. The fraction of sp³-hybridized carbons (Fsp3) is 0.417. The van der Waals surface area contributed by atoms with E-state index in [-0.39, 0.29) is 11.0 Å². The molecule has 1 aliphatic heterocycles. The van der Waals surface area contributed by atoms with Crippen molar-refractivity contribution in [3.63, 3.8) is 0 Å². The Morgan fingerprint density at radius 1 is 0.943 bits per heavy atom. The molecular weight excluding hydrogens is 479 g/mol. The first-order chi connectivity index (χ1) is 16.7. The minimum Gasteiger partial charge on any atom is -0.369 e. The van der Waals surface area contributed by atoms with E-state index in [0.717, 1.165) is 68.1 Å². The Kier molecular flexibility index (Phi) is 6.30. The number of anilines is 1. The van der Waals surface area contributed by atoms with E-state index in [1.54, 1.807) is 6.20 Å². The fourth-order valence-corrected chi connectivity index (χ4v) is 6.05. The number of piperazine rings is 1. The molecule has 7 nitrogen and oxygen atoms in total. The lowest BCUT2D eigenvalue weighted by molar-refractivity contribution is -0.137. The lowest BCUT2D eigenvalue weighted by Crippen LogP contribution is -2.46. The van der Waals surface area contributed by atoms with Crippen molar-refractivity contribution in [2.24, 2.45) is 0 Å². The maximum absolute atomic E-state index is 12.8. The Labute approximate surface area is 202 Å². The highest BCUT2D eigenvalue weighted by Gasteiger charge is 2.35. The van der Waals surface area contributed by atoms with Gasteiger partial charge < -0.3 is 4.90 Å². The van der Waals surface area contributed by atoms with Crippen LogP contribution in [-0.4, -0.2) is 59.7 Å². The fourth-order valence-electron chi connectivity index (χ4n) is 4.31. The van der Waals surface area contributed by atoms with E-state index >= 15 is 0 Å². The van der Waals surface area contributed by atoms with Gasteiger partial charge in [0.15, 0.2) is 9.84 Å². The van der Waals surface area contributed by atoms with E-state index in [1.165, 1.54) is 16.8 Å². The molecule has 2 aromatic carbocycles. The van der Waals surface area contributed by atoms with Crippen molar-refractivity contribution in [3.8, 4) is 5.69 Å². The zero-order valence-electron chi connectivity index (χ0n) is 19.0. The van der Waals surface area contributed by atoms with E-state index < -0.39 is 21.6 Å². The second kappa shape index (κ2) is 9.27. The number of hydrogen-bond acceptors (Lipinski definition) is 6. The van der Waals surface area contributed by atoms with Crippen LogP contribution in [0.5, 0.6) is 0 Å². The summed E-state index contributed by atoms with van der Waals surface area (Å²) in [6.45, 7) is 3.79. The smallest absolute Gasteiger partial charge is 0.369 e. The average molecular weight is 506 g/mol. The van der Waals surface area contributed by atoms with Gasteiger partial charge in [-0.2, -0.15) is 13.2 Å². The standard InChI is InChI=1S/C24H26F3N5O2S/c25-24(26,27)19-4-6-21(7-5-19)32-16-20(28-29-32)15-30-10-12-31(13-11-30)22-3-1-2-18(14-22)17-35(33,34)23-8-9-23/h1-7,14,16,23H,8-13,15,17H2. The molecule has 1 aromatic heterocycles. The highest BCUT2D eigenvalue weighted by Crippen LogP contribution is 2.32. The Balaban J connectivity index is 1.16. The van der Waals surface area contributed by atoms with Crippen LogP contribution >= 0.6 is 0 Å². The van der Waals surface area contributed by atoms with Crippen molar-refractivity contribution in [3.05, 3.63) is 71.5 Å². The van der Waals surface area contributed by atoms with Gasteiger partial charge in [0.1, 0.15) is 0 Å². The van der Waals surface area contributed by atoms with Crippen molar-refractivity contribution in [1.29, 1.82) is 0 Å². The van der Waals surface area contributed by atoms with Crippen molar-refractivity contribution in [2.75, 3.05) is 31.1 Å². The van der Waals surface area contributed by atoms with Gasteiger partial charge in [-0.25, -0.2) is 13.1 Å². The van der Waals surface area contributed by atoms with Crippen molar-refractivity contribution in [2.45, 2.75) is 36.6 Å². The normalized spacial score (nSPS) is 17.6. The highest BCUT2D eigenvalue weighted by atomic mass is 32.2. The summed E-state index contributed by atoms with van der Waals surface area (Å²) in [5, 5.41) is 8.08. The van der Waals surface area contributed by atoms with Crippen LogP contribution in [0.3, 0.4) is 0 Å². The van der Waals surface area contributed by atoms with Gasteiger partial charge in [-0.05, 0) is 54.8 Å². The maximum atomic E-state index is 12.8. The summed E-state index contributed by atoms with van der Waals surface area (Å²) in [5.41, 5.74) is 2.42. The molecular formula is C24H26F3N5O2S. The third-order valence-electron chi connectivity index (χ3n) is 6.43. The third kappa shape index (κ3) is 5.67. The van der Waals surface area contributed by atoms with Crippen LogP contribution in [0.4, 0.5) is 18.9 Å². The summed E-state index contributed by atoms with van der Waals surface area (Å²) >= 11 is 0. The maximum Gasteiger partial charge on any atom is 0.416 e.